The predicted octanol–water partition coefficient (Wildman–Crippen LogP) is 2.96. The topological polar surface area (TPSA) is 110 Å². The molecule has 0 unspecified atom stereocenters. The molecule has 0 aliphatic carbocycles. The molecular weight excluding hydrogens is 495 g/mol. The van der Waals surface area contributed by atoms with Crippen molar-refractivity contribution in [2.24, 2.45) is 0 Å². The Morgan fingerprint density at radius 3 is 1.71 bits per heavy atom. The zero-order valence-electron chi connectivity index (χ0n) is 21.0. The number of rotatable bonds is 19. The maximum Gasteiger partial charge on any atom is 1.00 e. The number of carbonyl (C=O) groups excluding carboxylic acids is 2. The van der Waals surface area contributed by atoms with E-state index in [1.54, 1.807) is 0 Å². The number of unbranched alkanes of at least 4 members (excludes halogenated alkanes) is 10. The summed E-state index contributed by atoms with van der Waals surface area (Å²) < 4.78 is 45.6. The van der Waals surface area contributed by atoms with Gasteiger partial charge in [-0.1, -0.05) is 56.7 Å². The molecule has 0 radical (unpaired) electrons. The van der Waals surface area contributed by atoms with Crippen molar-refractivity contribution in [3.63, 3.8) is 0 Å². The van der Waals surface area contributed by atoms with Crippen molar-refractivity contribution < 1.29 is 83.4 Å². The molecule has 0 aliphatic rings. The molecule has 1 aromatic rings. The van der Waals surface area contributed by atoms with Gasteiger partial charge in [-0.2, -0.15) is 0 Å². The van der Waals surface area contributed by atoms with E-state index in [1.807, 2.05) is 12.2 Å². The van der Waals surface area contributed by atoms with Crippen LogP contribution in [0.3, 0.4) is 0 Å². The van der Waals surface area contributed by atoms with Crippen LogP contribution in [0.25, 0.3) is 0 Å². The average molecular weight is 533 g/mol. The molecule has 7 nitrogen and oxygen atoms in total. The Balaban J connectivity index is 0.0000116. The van der Waals surface area contributed by atoms with E-state index in [0.29, 0.717) is 12.8 Å². The van der Waals surface area contributed by atoms with E-state index in [9.17, 15) is 22.6 Å². The fourth-order valence-corrected chi connectivity index (χ4v) is 4.13. The van der Waals surface area contributed by atoms with Crippen LogP contribution in [0.2, 0.25) is 0 Å². The van der Waals surface area contributed by atoms with Crippen molar-refractivity contribution in [3.8, 4) is 0 Å². The number of carbonyl (C=O) groups is 2. The Morgan fingerprint density at radius 2 is 1.23 bits per heavy atom. The molecule has 0 aromatic heterocycles. The third kappa shape index (κ3) is 14.5. The summed E-state index contributed by atoms with van der Waals surface area (Å²) >= 11 is 0. The molecule has 0 atom stereocenters. The smallest absolute Gasteiger partial charge is 0.744 e. The molecule has 0 spiro atoms. The molecule has 0 heterocycles. The standard InChI is InChI=1S/C26H38O7S.K/c1-3-5-7-9-11-13-15-20-32-25(27)22-18-17-19-23(34(29,30)31)24(22)26(28)33-21-16-14-12-10-8-6-4-2;/h3-4,17-19H,1-2,5-16,20-21H2,(H,29,30,31);/q;+1/p-1. The Morgan fingerprint density at radius 1 is 0.771 bits per heavy atom. The molecule has 0 N–H and O–H groups in total. The summed E-state index contributed by atoms with van der Waals surface area (Å²) in [4.78, 5) is 24.5. The number of hydrogen-bond donors (Lipinski definition) is 0. The van der Waals surface area contributed by atoms with Gasteiger partial charge in [-0.15, -0.1) is 13.2 Å². The normalized spacial score (nSPS) is 10.8. The van der Waals surface area contributed by atoms with E-state index in [-0.39, 0.29) is 70.2 Å². The second-order valence-corrected chi connectivity index (χ2v) is 9.44. The Kier molecular flexibility index (Phi) is 19.8. The van der Waals surface area contributed by atoms with Crippen molar-refractivity contribution in [2.45, 2.75) is 81.9 Å². The molecule has 0 aliphatic heterocycles. The van der Waals surface area contributed by atoms with Gasteiger partial charge in [-0.05, 0) is 50.7 Å². The summed E-state index contributed by atoms with van der Waals surface area (Å²) in [7, 11) is -5.00. The SMILES string of the molecule is C=CCCCCCCCOC(=O)c1cccc(S(=O)(=O)[O-])c1C(=O)OCCCCCCCC=C.[K+]. The fraction of sp³-hybridized carbons (Fsp3) is 0.538. The number of ether oxygens (including phenoxy) is 2. The average Bonchev–Trinajstić information content (AvgIpc) is 2.81. The van der Waals surface area contributed by atoms with E-state index < -0.39 is 32.5 Å². The minimum absolute atomic E-state index is 0. The third-order valence-corrected chi connectivity index (χ3v) is 6.17. The first kappa shape index (κ1) is 34.2. The van der Waals surface area contributed by atoms with Crippen LogP contribution in [0.15, 0.2) is 48.4 Å². The number of allylic oxidation sites excluding steroid dienone is 2. The fourth-order valence-electron chi connectivity index (χ4n) is 3.44. The van der Waals surface area contributed by atoms with E-state index in [0.717, 1.165) is 70.3 Å². The van der Waals surface area contributed by atoms with Crippen LogP contribution >= 0.6 is 0 Å². The van der Waals surface area contributed by atoms with Crippen molar-refractivity contribution in [1.82, 2.24) is 0 Å². The summed E-state index contributed by atoms with van der Waals surface area (Å²) in [5.41, 5.74) is -0.838. The van der Waals surface area contributed by atoms with Gasteiger partial charge >= 0.3 is 63.3 Å². The van der Waals surface area contributed by atoms with E-state index in [1.165, 1.54) is 12.1 Å². The van der Waals surface area contributed by atoms with Gasteiger partial charge in [0.05, 0.1) is 29.2 Å². The van der Waals surface area contributed by atoms with Crippen molar-refractivity contribution in [2.75, 3.05) is 13.2 Å². The molecule has 9 heteroatoms. The first-order valence-corrected chi connectivity index (χ1v) is 13.4. The van der Waals surface area contributed by atoms with Crippen molar-refractivity contribution >= 4 is 22.1 Å². The maximum absolute atomic E-state index is 12.7. The van der Waals surface area contributed by atoms with Gasteiger partial charge in [-0.25, -0.2) is 18.0 Å². The van der Waals surface area contributed by atoms with E-state index in [2.05, 4.69) is 13.2 Å². The number of esters is 2. The molecule has 1 rings (SSSR count). The zero-order valence-corrected chi connectivity index (χ0v) is 24.9. The van der Waals surface area contributed by atoms with E-state index >= 15 is 0 Å². The third-order valence-electron chi connectivity index (χ3n) is 5.29. The second kappa shape index (κ2) is 20.3. The van der Waals surface area contributed by atoms with E-state index in [4.69, 9.17) is 9.47 Å². The molecule has 0 bridgehead atoms. The second-order valence-electron chi connectivity index (χ2n) is 8.09. The van der Waals surface area contributed by atoms with Crippen LogP contribution in [-0.2, 0) is 19.6 Å². The first-order chi connectivity index (χ1) is 16.3. The van der Waals surface area contributed by atoms with Gasteiger partial charge in [-0.3, -0.25) is 0 Å². The minimum atomic E-state index is -5.00. The maximum atomic E-state index is 12.7. The van der Waals surface area contributed by atoms with Gasteiger partial charge < -0.3 is 14.0 Å². The monoisotopic (exact) mass is 532 g/mol. The summed E-state index contributed by atoms with van der Waals surface area (Å²) in [5.74, 6) is -1.87. The van der Waals surface area contributed by atoms with Gasteiger partial charge in [0.25, 0.3) is 0 Å². The summed E-state index contributed by atoms with van der Waals surface area (Å²) in [5, 5.41) is 0. The molecule has 1 aromatic carbocycles. The predicted molar refractivity (Wildman–Crippen MR) is 131 cm³/mol. The van der Waals surface area contributed by atoms with Crippen LogP contribution in [0.1, 0.15) is 97.8 Å². The molecule has 0 saturated heterocycles. The van der Waals surface area contributed by atoms with Gasteiger partial charge in [0.15, 0.2) is 0 Å². The largest absolute Gasteiger partial charge is 1.00 e. The molecule has 35 heavy (non-hydrogen) atoms. The van der Waals surface area contributed by atoms with Gasteiger partial charge in [0.1, 0.15) is 10.1 Å². The Bertz CT molecular complexity index is 897. The molecule has 190 valence electrons. The quantitative estimate of drug-likeness (QED) is 0.0886. The molecule has 0 fully saturated rings. The van der Waals surface area contributed by atoms with Crippen molar-refractivity contribution in [3.05, 3.63) is 54.6 Å². The molecule has 0 saturated carbocycles. The van der Waals surface area contributed by atoms with Crippen LogP contribution in [0.5, 0.6) is 0 Å². The Hall–Kier alpha value is -0.814. The molecule has 0 amide bonds. The summed E-state index contributed by atoms with van der Waals surface area (Å²) in [6.45, 7) is 7.56. The number of benzene rings is 1. The van der Waals surface area contributed by atoms with Crippen LogP contribution in [-0.4, -0.2) is 38.1 Å². The van der Waals surface area contributed by atoms with Crippen molar-refractivity contribution in [1.29, 1.82) is 0 Å². The van der Waals surface area contributed by atoms with Gasteiger partial charge in [0.2, 0.25) is 0 Å². The van der Waals surface area contributed by atoms with Crippen LogP contribution in [0.4, 0.5) is 0 Å². The summed E-state index contributed by atoms with van der Waals surface area (Å²) in [6, 6.07) is 3.50. The van der Waals surface area contributed by atoms with Crippen LogP contribution in [0, 0.1) is 0 Å². The minimum Gasteiger partial charge on any atom is -0.744 e. The first-order valence-electron chi connectivity index (χ1n) is 12.0. The van der Waals surface area contributed by atoms with Crippen LogP contribution < -0.4 is 51.4 Å². The Labute approximate surface area is 252 Å². The van der Waals surface area contributed by atoms with Gasteiger partial charge in [0, 0.05) is 0 Å². The number of hydrogen-bond acceptors (Lipinski definition) is 7. The zero-order chi connectivity index (χ0) is 25.2. The molecular formula is C26H37KO7S. The summed E-state index contributed by atoms with van der Waals surface area (Å²) in [6.07, 6.45) is 14.9.